The molecule has 0 fully saturated rings. The van der Waals surface area contributed by atoms with Crippen LogP contribution in [0.15, 0.2) is 35.4 Å². The van der Waals surface area contributed by atoms with Crippen molar-refractivity contribution < 1.29 is 4.70 Å². The minimum Gasteiger partial charge on any atom is -0.493 e. The van der Waals surface area contributed by atoms with E-state index in [1.54, 1.807) is 15.8 Å². The highest BCUT2D eigenvalue weighted by atomic mass is 15.2. The smallest absolute Gasteiger partial charge is 0.211 e. The zero-order valence-corrected chi connectivity index (χ0v) is 34.9. The second kappa shape index (κ2) is 24.0. The van der Waals surface area contributed by atoms with Gasteiger partial charge in [-0.3, -0.25) is 0 Å². The fourth-order valence-corrected chi connectivity index (χ4v) is 8.50. The Labute approximate surface area is 316 Å². The lowest BCUT2D eigenvalue weighted by Gasteiger charge is -2.19. The Morgan fingerprint density at radius 3 is 1.16 bits per heavy atom. The predicted octanol–water partition coefficient (Wildman–Crippen LogP) is 15.7. The Balaban J connectivity index is 2.32. The Kier molecular flexibility index (Phi) is 20.2. The van der Waals surface area contributed by atoms with Crippen LogP contribution in [0.4, 0.5) is 0 Å². The Morgan fingerprint density at radius 2 is 0.706 bits per heavy atom. The van der Waals surface area contributed by atoms with Crippen LogP contribution in [-0.2, 0) is 38.5 Å². The van der Waals surface area contributed by atoms with Crippen molar-refractivity contribution >= 4 is 11.4 Å². The van der Waals surface area contributed by atoms with E-state index in [0.29, 0.717) is 0 Å². The highest BCUT2D eigenvalue weighted by Crippen LogP contribution is 2.46. The average Bonchev–Trinajstić information content (AvgIpc) is 3.41. The van der Waals surface area contributed by atoms with E-state index in [4.69, 9.17) is 0 Å². The highest BCUT2D eigenvalue weighted by molar-refractivity contribution is 5.83. The third-order valence-electron chi connectivity index (χ3n) is 11.3. The SMILES string of the molecule is CCCCCCCCC1=C(c2cc(CCCC)c(CCCC)c(CCCC)c2)[N+](=[N-])C(c2cc(CCC)c(CCC)c(CCC)c2)=C1CCCC. The second-order valence-electron chi connectivity index (χ2n) is 15.7. The van der Waals surface area contributed by atoms with Crippen molar-refractivity contribution in [2.24, 2.45) is 0 Å². The molecule has 0 aliphatic carbocycles. The lowest BCUT2D eigenvalue weighted by atomic mass is 9.86. The van der Waals surface area contributed by atoms with Gasteiger partial charge in [0.05, 0.1) is 0 Å². The van der Waals surface area contributed by atoms with Gasteiger partial charge in [-0.2, -0.15) is 0 Å². The average molecular weight is 695 g/mol. The lowest BCUT2D eigenvalue weighted by Crippen LogP contribution is -2.09. The molecule has 1 heterocycles. The summed E-state index contributed by atoms with van der Waals surface area (Å²) in [7, 11) is 0. The predicted molar refractivity (Wildman–Crippen MR) is 226 cm³/mol. The Hall–Kier alpha value is -2.48. The van der Waals surface area contributed by atoms with Gasteiger partial charge in [0, 0.05) is 22.3 Å². The fourth-order valence-electron chi connectivity index (χ4n) is 8.50. The van der Waals surface area contributed by atoms with E-state index >= 15 is 0 Å². The zero-order valence-electron chi connectivity index (χ0n) is 34.9. The van der Waals surface area contributed by atoms with Gasteiger partial charge in [-0.25, -0.2) is 4.70 Å². The molecule has 0 saturated heterocycles. The van der Waals surface area contributed by atoms with E-state index in [1.807, 2.05) is 0 Å². The van der Waals surface area contributed by atoms with E-state index < -0.39 is 0 Å². The number of benzene rings is 2. The zero-order chi connectivity index (χ0) is 37.0. The van der Waals surface area contributed by atoms with Gasteiger partial charge in [-0.05, 0) is 141 Å². The third kappa shape index (κ3) is 12.0. The molecule has 0 bridgehead atoms. The topological polar surface area (TPSA) is 25.3 Å². The Bertz CT molecular complexity index is 1360. The summed E-state index contributed by atoms with van der Waals surface area (Å²) in [4.78, 5) is 0. The number of aryl methyl sites for hydroxylation is 4. The summed E-state index contributed by atoms with van der Waals surface area (Å²) in [6.07, 6.45) is 29.7. The van der Waals surface area contributed by atoms with Crippen molar-refractivity contribution in [1.82, 2.24) is 0 Å². The molecule has 0 N–H and O–H groups in total. The van der Waals surface area contributed by atoms with Gasteiger partial charge in [0.25, 0.3) is 0 Å². The molecule has 0 spiro atoms. The normalized spacial score (nSPS) is 13.4. The van der Waals surface area contributed by atoms with E-state index in [0.717, 1.165) is 82.0 Å². The van der Waals surface area contributed by atoms with E-state index in [1.165, 1.54) is 134 Å². The first-order valence-corrected chi connectivity index (χ1v) is 22.2. The number of allylic oxidation sites excluding steroid dienone is 2. The molecule has 51 heavy (non-hydrogen) atoms. The number of hydrogen-bond acceptors (Lipinski definition) is 0. The molecule has 2 nitrogen and oxygen atoms in total. The molecule has 0 aromatic heterocycles. The number of unbranched alkanes of at least 4 members (excludes halogenated alkanes) is 9. The molecule has 0 atom stereocenters. The van der Waals surface area contributed by atoms with Crippen molar-refractivity contribution in [3.8, 4) is 0 Å². The summed E-state index contributed by atoms with van der Waals surface area (Å²) >= 11 is 0. The molecule has 0 unspecified atom stereocenters. The summed E-state index contributed by atoms with van der Waals surface area (Å²) in [5.41, 5.74) is 29.5. The largest absolute Gasteiger partial charge is 0.493 e. The van der Waals surface area contributed by atoms with Crippen molar-refractivity contribution in [2.45, 2.75) is 216 Å². The van der Waals surface area contributed by atoms with Crippen molar-refractivity contribution in [3.63, 3.8) is 0 Å². The quantitative estimate of drug-likeness (QED) is 0.0657. The first-order chi connectivity index (χ1) is 24.9. The van der Waals surface area contributed by atoms with Gasteiger partial charge < -0.3 is 5.53 Å². The maximum Gasteiger partial charge on any atom is 0.211 e. The molecule has 1 aliphatic rings. The van der Waals surface area contributed by atoms with Crippen LogP contribution in [0.5, 0.6) is 0 Å². The molecule has 0 amide bonds. The van der Waals surface area contributed by atoms with E-state index in [9.17, 15) is 5.53 Å². The molecule has 2 aromatic carbocycles. The summed E-state index contributed by atoms with van der Waals surface area (Å²) in [6.45, 7) is 18.5. The molecule has 0 radical (unpaired) electrons. The van der Waals surface area contributed by atoms with Gasteiger partial charge in [0.15, 0.2) is 0 Å². The van der Waals surface area contributed by atoms with Crippen LogP contribution < -0.4 is 0 Å². The third-order valence-corrected chi connectivity index (χ3v) is 11.3. The molecular formula is C49H78N2. The molecular weight excluding hydrogens is 617 g/mol. The monoisotopic (exact) mass is 695 g/mol. The summed E-state index contributed by atoms with van der Waals surface area (Å²) in [5, 5.41) is 0. The van der Waals surface area contributed by atoms with Gasteiger partial charge in [0.1, 0.15) is 0 Å². The van der Waals surface area contributed by atoms with Crippen LogP contribution in [0, 0.1) is 0 Å². The minimum atomic E-state index is 1.03. The first kappa shape index (κ1) is 42.9. The van der Waals surface area contributed by atoms with Crippen LogP contribution in [0.3, 0.4) is 0 Å². The standard InChI is InChI=1S/C49H78N2/c1-9-17-22-23-24-25-33-47-46(32-21-13-5)48(42-34-38(26-14-6)44(28-16-8)39(35-42)27-15-7)51(50)49(47)43-36-40(29-18-10-2)45(31-20-12-4)41(37-43)30-19-11-3/h34-37H,9-33H2,1-8H3. The van der Waals surface area contributed by atoms with Crippen LogP contribution in [0.25, 0.3) is 16.9 Å². The van der Waals surface area contributed by atoms with Crippen molar-refractivity contribution in [1.29, 1.82) is 0 Å². The van der Waals surface area contributed by atoms with Gasteiger partial charge in [0.2, 0.25) is 11.4 Å². The van der Waals surface area contributed by atoms with Gasteiger partial charge in [-0.1, -0.05) is 132 Å². The number of hydrogen-bond donors (Lipinski definition) is 0. The van der Waals surface area contributed by atoms with Gasteiger partial charge in [-0.15, -0.1) is 0 Å². The Morgan fingerprint density at radius 1 is 0.353 bits per heavy atom. The van der Waals surface area contributed by atoms with Crippen molar-refractivity contribution in [3.05, 3.63) is 85.5 Å². The summed E-state index contributed by atoms with van der Waals surface area (Å²) in [6, 6.07) is 10.0. The number of nitrogens with zero attached hydrogens (tertiary/aromatic N) is 2. The molecule has 1 aliphatic heterocycles. The number of rotatable bonds is 27. The summed E-state index contributed by atoms with van der Waals surface area (Å²) in [5.74, 6) is 0. The maximum absolute atomic E-state index is 12.7. The van der Waals surface area contributed by atoms with Crippen molar-refractivity contribution in [2.75, 3.05) is 0 Å². The minimum absolute atomic E-state index is 1.03. The fraction of sp³-hybridized carbons (Fsp3) is 0.673. The first-order valence-electron chi connectivity index (χ1n) is 22.2. The van der Waals surface area contributed by atoms with Crippen LogP contribution in [0.2, 0.25) is 0 Å². The van der Waals surface area contributed by atoms with Gasteiger partial charge >= 0.3 is 0 Å². The van der Waals surface area contributed by atoms with Crippen LogP contribution >= 0.6 is 0 Å². The second-order valence-corrected chi connectivity index (χ2v) is 15.7. The maximum atomic E-state index is 12.7. The molecule has 284 valence electrons. The molecule has 2 aromatic rings. The summed E-state index contributed by atoms with van der Waals surface area (Å²) < 4.78 is 1.70. The van der Waals surface area contributed by atoms with E-state index in [-0.39, 0.29) is 0 Å². The van der Waals surface area contributed by atoms with Crippen LogP contribution in [0.1, 0.15) is 222 Å². The van der Waals surface area contributed by atoms with E-state index in [2.05, 4.69) is 79.7 Å². The van der Waals surface area contributed by atoms with Crippen LogP contribution in [-0.4, -0.2) is 4.70 Å². The molecule has 3 rings (SSSR count). The highest BCUT2D eigenvalue weighted by Gasteiger charge is 2.36. The molecule has 0 saturated carbocycles. The lowest BCUT2D eigenvalue weighted by molar-refractivity contribution is -0.345. The molecule has 2 heteroatoms.